The summed E-state index contributed by atoms with van der Waals surface area (Å²) in [5.41, 5.74) is 4.78. The summed E-state index contributed by atoms with van der Waals surface area (Å²) in [5, 5.41) is 14.0. The summed E-state index contributed by atoms with van der Waals surface area (Å²) < 4.78 is 1.66. The molecule has 1 aromatic carbocycles. The molecule has 0 bridgehead atoms. The number of H-pyrrole nitrogens is 1. The van der Waals surface area contributed by atoms with Gasteiger partial charge in [-0.05, 0) is 19.9 Å². The number of anilines is 1. The Balaban J connectivity index is 1.79. The molecule has 0 fully saturated rings. The third-order valence-corrected chi connectivity index (χ3v) is 3.43. The van der Waals surface area contributed by atoms with Gasteiger partial charge in [-0.1, -0.05) is 29.8 Å². The Bertz CT molecular complexity index is 813. The van der Waals surface area contributed by atoms with Gasteiger partial charge in [0.25, 0.3) is 5.91 Å². The molecule has 0 aliphatic heterocycles. The van der Waals surface area contributed by atoms with Crippen LogP contribution in [0.15, 0.2) is 36.5 Å². The molecule has 0 saturated carbocycles. The van der Waals surface area contributed by atoms with Gasteiger partial charge in [-0.15, -0.1) is 0 Å². The summed E-state index contributed by atoms with van der Waals surface area (Å²) in [5.74, 6) is -0.234. The normalized spacial score (nSPS) is 10.7. The highest BCUT2D eigenvalue weighted by molar-refractivity contribution is 6.03. The highest BCUT2D eigenvalue weighted by Gasteiger charge is 2.13. The fourth-order valence-electron chi connectivity index (χ4n) is 2.22. The lowest BCUT2D eigenvalue weighted by Crippen LogP contribution is -2.12. The van der Waals surface area contributed by atoms with Gasteiger partial charge < -0.3 is 5.32 Å². The van der Waals surface area contributed by atoms with E-state index < -0.39 is 0 Å². The quantitative estimate of drug-likeness (QED) is 0.780. The highest BCUT2D eigenvalue weighted by atomic mass is 16.1. The van der Waals surface area contributed by atoms with Crippen LogP contribution in [0.3, 0.4) is 0 Å². The highest BCUT2D eigenvalue weighted by Crippen LogP contribution is 2.19. The number of nitrogens with zero attached hydrogens (tertiary/aromatic N) is 3. The molecular formula is C16H17N5O. The maximum Gasteiger partial charge on any atom is 0.273 e. The van der Waals surface area contributed by atoms with Crippen molar-refractivity contribution in [1.82, 2.24) is 20.0 Å². The summed E-state index contributed by atoms with van der Waals surface area (Å²) >= 11 is 0. The van der Waals surface area contributed by atoms with E-state index in [0.717, 1.165) is 17.0 Å². The molecule has 2 aromatic heterocycles. The fourth-order valence-corrected chi connectivity index (χ4v) is 2.22. The molecule has 0 unspecified atom stereocenters. The van der Waals surface area contributed by atoms with Crippen molar-refractivity contribution in [3.63, 3.8) is 0 Å². The molecule has 3 aromatic rings. The molecule has 6 nitrogen and oxygen atoms in total. The maximum atomic E-state index is 12.3. The van der Waals surface area contributed by atoms with Crippen molar-refractivity contribution in [2.75, 3.05) is 5.32 Å². The van der Waals surface area contributed by atoms with E-state index in [1.807, 2.05) is 45.2 Å². The van der Waals surface area contributed by atoms with Gasteiger partial charge in [-0.3, -0.25) is 14.6 Å². The van der Waals surface area contributed by atoms with Crippen molar-refractivity contribution in [1.29, 1.82) is 0 Å². The van der Waals surface area contributed by atoms with E-state index >= 15 is 0 Å². The molecule has 22 heavy (non-hydrogen) atoms. The van der Waals surface area contributed by atoms with Crippen LogP contribution >= 0.6 is 0 Å². The molecule has 0 spiro atoms. The SMILES string of the molecule is Cc1ccc(-c2cc(C(=O)Nc3cn(C)nc3C)[nH]n2)cc1. The van der Waals surface area contributed by atoms with Gasteiger partial charge in [0.05, 0.1) is 17.1 Å². The second kappa shape index (κ2) is 5.48. The van der Waals surface area contributed by atoms with E-state index in [4.69, 9.17) is 0 Å². The predicted molar refractivity (Wildman–Crippen MR) is 84.7 cm³/mol. The van der Waals surface area contributed by atoms with Crippen molar-refractivity contribution in [2.24, 2.45) is 7.05 Å². The van der Waals surface area contributed by atoms with Crippen molar-refractivity contribution in [2.45, 2.75) is 13.8 Å². The first kappa shape index (κ1) is 14.1. The van der Waals surface area contributed by atoms with Crippen molar-refractivity contribution >= 4 is 11.6 Å². The zero-order chi connectivity index (χ0) is 15.7. The molecule has 6 heteroatoms. The molecule has 0 atom stereocenters. The Morgan fingerprint density at radius 3 is 2.59 bits per heavy atom. The molecule has 0 aliphatic rings. The Hall–Kier alpha value is -2.89. The van der Waals surface area contributed by atoms with Crippen molar-refractivity contribution in [3.8, 4) is 11.3 Å². The molecule has 112 valence electrons. The van der Waals surface area contributed by atoms with Gasteiger partial charge in [-0.25, -0.2) is 0 Å². The van der Waals surface area contributed by atoms with Crippen LogP contribution in [-0.2, 0) is 7.05 Å². The fraction of sp³-hybridized carbons (Fsp3) is 0.188. The van der Waals surface area contributed by atoms with E-state index in [9.17, 15) is 4.79 Å². The predicted octanol–water partition coefficient (Wildman–Crippen LogP) is 2.68. The van der Waals surface area contributed by atoms with E-state index in [0.29, 0.717) is 11.4 Å². The number of carbonyl (C=O) groups excluding carboxylic acids is 1. The first-order valence-electron chi connectivity index (χ1n) is 6.97. The number of aromatic amines is 1. The van der Waals surface area contributed by atoms with Gasteiger partial charge >= 0.3 is 0 Å². The van der Waals surface area contributed by atoms with Gasteiger partial charge in [-0.2, -0.15) is 10.2 Å². The Morgan fingerprint density at radius 2 is 1.95 bits per heavy atom. The van der Waals surface area contributed by atoms with Crippen LogP contribution in [0.2, 0.25) is 0 Å². The number of carbonyl (C=O) groups is 1. The summed E-state index contributed by atoms with van der Waals surface area (Å²) in [6.07, 6.45) is 1.77. The zero-order valence-corrected chi connectivity index (χ0v) is 12.7. The Labute approximate surface area is 128 Å². The minimum absolute atomic E-state index is 0.234. The zero-order valence-electron chi connectivity index (χ0n) is 12.7. The topological polar surface area (TPSA) is 75.6 Å². The van der Waals surface area contributed by atoms with Gasteiger partial charge in [0.15, 0.2) is 0 Å². The van der Waals surface area contributed by atoms with Crippen molar-refractivity contribution in [3.05, 3.63) is 53.5 Å². The van der Waals surface area contributed by atoms with Crippen LogP contribution in [0.1, 0.15) is 21.7 Å². The average Bonchev–Trinajstić information content (AvgIpc) is 3.07. The lowest BCUT2D eigenvalue weighted by Gasteiger charge is -2.00. The number of aryl methyl sites for hydroxylation is 3. The molecule has 2 N–H and O–H groups in total. The third-order valence-electron chi connectivity index (χ3n) is 3.43. The lowest BCUT2D eigenvalue weighted by molar-refractivity contribution is 0.102. The number of amides is 1. The third kappa shape index (κ3) is 2.76. The van der Waals surface area contributed by atoms with E-state index in [1.54, 1.807) is 16.9 Å². The number of aromatic nitrogens is 4. The molecule has 1 amide bonds. The second-order valence-electron chi connectivity index (χ2n) is 5.29. The second-order valence-corrected chi connectivity index (χ2v) is 5.29. The first-order chi connectivity index (χ1) is 10.5. The van der Waals surface area contributed by atoms with Gasteiger partial charge in [0, 0.05) is 18.8 Å². The number of hydrogen-bond acceptors (Lipinski definition) is 3. The maximum absolute atomic E-state index is 12.3. The summed E-state index contributed by atoms with van der Waals surface area (Å²) in [6.45, 7) is 3.88. The average molecular weight is 295 g/mol. The molecule has 0 radical (unpaired) electrons. The van der Waals surface area contributed by atoms with Crippen LogP contribution in [0.4, 0.5) is 5.69 Å². The van der Waals surface area contributed by atoms with E-state index in [-0.39, 0.29) is 5.91 Å². The molecule has 2 heterocycles. The lowest BCUT2D eigenvalue weighted by atomic mass is 10.1. The number of nitrogens with one attached hydrogen (secondary N) is 2. The summed E-state index contributed by atoms with van der Waals surface area (Å²) in [6, 6.07) is 9.74. The smallest absolute Gasteiger partial charge is 0.273 e. The number of rotatable bonds is 3. The first-order valence-corrected chi connectivity index (χ1v) is 6.97. The van der Waals surface area contributed by atoms with E-state index in [2.05, 4.69) is 20.6 Å². The van der Waals surface area contributed by atoms with Crippen LogP contribution < -0.4 is 5.32 Å². The van der Waals surface area contributed by atoms with Crippen LogP contribution in [-0.4, -0.2) is 25.9 Å². The molecule has 3 rings (SSSR count). The van der Waals surface area contributed by atoms with Gasteiger partial charge in [0.2, 0.25) is 0 Å². The number of benzene rings is 1. The van der Waals surface area contributed by atoms with Crippen LogP contribution in [0, 0.1) is 13.8 Å². The standard InChI is InChI=1S/C16H17N5O/c1-10-4-6-12(7-5-10)13-8-14(19-18-13)16(22)17-15-9-21(3)20-11(15)2/h4-9H,1-3H3,(H,17,22)(H,18,19). The Kier molecular flexibility index (Phi) is 3.50. The minimum atomic E-state index is -0.234. The molecule has 0 saturated heterocycles. The van der Waals surface area contributed by atoms with Crippen molar-refractivity contribution < 1.29 is 4.79 Å². The number of hydrogen-bond donors (Lipinski definition) is 2. The molecular weight excluding hydrogens is 278 g/mol. The van der Waals surface area contributed by atoms with Crippen LogP contribution in [0.5, 0.6) is 0 Å². The molecule has 0 aliphatic carbocycles. The summed E-state index contributed by atoms with van der Waals surface area (Å²) in [7, 11) is 1.81. The summed E-state index contributed by atoms with van der Waals surface area (Å²) in [4.78, 5) is 12.3. The van der Waals surface area contributed by atoms with E-state index in [1.165, 1.54) is 5.56 Å². The minimum Gasteiger partial charge on any atom is -0.318 e. The largest absolute Gasteiger partial charge is 0.318 e. The Morgan fingerprint density at radius 1 is 1.23 bits per heavy atom. The van der Waals surface area contributed by atoms with Gasteiger partial charge in [0.1, 0.15) is 5.69 Å². The van der Waals surface area contributed by atoms with Crippen LogP contribution in [0.25, 0.3) is 11.3 Å². The monoisotopic (exact) mass is 295 g/mol.